The fraction of sp³-hybridized carbons (Fsp3) is 0.750. The molecule has 0 amide bonds. The number of ether oxygens (including phenoxy) is 3. The second kappa shape index (κ2) is 18.2. The molecule has 4 atom stereocenters. The molecule has 0 aromatic carbocycles. The van der Waals surface area contributed by atoms with Crippen LogP contribution < -0.4 is 0 Å². The molecular formula is C28H46O6. The smallest absolute Gasteiger partial charge is 0.310 e. The lowest BCUT2D eigenvalue weighted by molar-refractivity contribution is -0.164. The molecule has 1 aliphatic rings. The van der Waals surface area contributed by atoms with Gasteiger partial charge in [0.1, 0.15) is 0 Å². The molecule has 0 spiro atoms. The minimum Gasteiger partial charge on any atom is -0.466 e. The van der Waals surface area contributed by atoms with Crippen LogP contribution in [0.15, 0.2) is 24.3 Å². The summed E-state index contributed by atoms with van der Waals surface area (Å²) in [5, 5.41) is 0. The van der Waals surface area contributed by atoms with E-state index in [1.165, 1.54) is 0 Å². The van der Waals surface area contributed by atoms with E-state index in [-0.39, 0.29) is 29.7 Å². The van der Waals surface area contributed by atoms with Crippen molar-refractivity contribution in [3.8, 4) is 0 Å². The van der Waals surface area contributed by atoms with E-state index in [0.29, 0.717) is 26.2 Å². The number of unbranched alkanes of at least 4 members (excludes halogenated alkanes) is 6. The molecule has 0 unspecified atom stereocenters. The van der Waals surface area contributed by atoms with E-state index in [2.05, 4.69) is 31.2 Å². The van der Waals surface area contributed by atoms with E-state index in [0.717, 1.165) is 57.8 Å². The Hall–Kier alpha value is -2.11. The summed E-state index contributed by atoms with van der Waals surface area (Å²) in [6.45, 7) is 8.58. The van der Waals surface area contributed by atoms with E-state index in [9.17, 15) is 14.4 Å². The van der Waals surface area contributed by atoms with Gasteiger partial charge in [0, 0.05) is 12.3 Å². The Kier molecular flexibility index (Phi) is 16.1. The normalized spacial score (nSPS) is 22.0. The van der Waals surface area contributed by atoms with E-state index < -0.39 is 11.8 Å². The van der Waals surface area contributed by atoms with Gasteiger partial charge in [0.15, 0.2) is 0 Å². The van der Waals surface area contributed by atoms with E-state index in [1.54, 1.807) is 13.8 Å². The predicted octanol–water partition coefficient (Wildman–Crippen LogP) is 6.19. The number of esters is 3. The number of allylic oxidation sites excluding steroid dienone is 4. The zero-order chi connectivity index (χ0) is 25.2. The van der Waals surface area contributed by atoms with Crippen molar-refractivity contribution in [2.45, 2.75) is 91.9 Å². The van der Waals surface area contributed by atoms with Gasteiger partial charge in [0.2, 0.25) is 0 Å². The van der Waals surface area contributed by atoms with Crippen LogP contribution in [0, 0.1) is 23.7 Å². The third-order valence-corrected chi connectivity index (χ3v) is 6.27. The van der Waals surface area contributed by atoms with Gasteiger partial charge in [-0.2, -0.15) is 0 Å². The van der Waals surface area contributed by atoms with Gasteiger partial charge in [0.25, 0.3) is 0 Å². The molecule has 6 heteroatoms. The molecular weight excluding hydrogens is 432 g/mol. The van der Waals surface area contributed by atoms with Crippen LogP contribution >= 0.6 is 0 Å². The third kappa shape index (κ3) is 10.9. The first-order valence-corrected chi connectivity index (χ1v) is 13.3. The van der Waals surface area contributed by atoms with Gasteiger partial charge in [0.05, 0.1) is 31.7 Å². The Labute approximate surface area is 206 Å². The maximum atomic E-state index is 12.9. The summed E-state index contributed by atoms with van der Waals surface area (Å²) >= 11 is 0. The Morgan fingerprint density at radius 1 is 0.735 bits per heavy atom. The first-order valence-electron chi connectivity index (χ1n) is 13.3. The van der Waals surface area contributed by atoms with Gasteiger partial charge < -0.3 is 14.2 Å². The molecule has 1 aliphatic carbocycles. The van der Waals surface area contributed by atoms with Gasteiger partial charge >= 0.3 is 17.9 Å². The van der Waals surface area contributed by atoms with Gasteiger partial charge in [-0.15, -0.1) is 0 Å². The molecule has 0 fully saturated rings. The van der Waals surface area contributed by atoms with Crippen molar-refractivity contribution < 1.29 is 28.6 Å². The summed E-state index contributed by atoms with van der Waals surface area (Å²) in [6, 6.07) is 0. The summed E-state index contributed by atoms with van der Waals surface area (Å²) < 4.78 is 15.7. The minimum atomic E-state index is -0.551. The first-order chi connectivity index (χ1) is 16.5. The monoisotopic (exact) mass is 478 g/mol. The fourth-order valence-electron chi connectivity index (χ4n) is 4.57. The maximum absolute atomic E-state index is 12.9. The van der Waals surface area contributed by atoms with Crippen molar-refractivity contribution in [3.05, 3.63) is 24.3 Å². The topological polar surface area (TPSA) is 78.9 Å². The highest BCUT2D eigenvalue weighted by Crippen LogP contribution is 2.39. The summed E-state index contributed by atoms with van der Waals surface area (Å²) in [5.41, 5.74) is 0. The van der Waals surface area contributed by atoms with Gasteiger partial charge in [-0.3, -0.25) is 14.4 Å². The van der Waals surface area contributed by atoms with Gasteiger partial charge in [-0.05, 0) is 52.4 Å². The number of carbonyl (C=O) groups excluding carboxylic acids is 3. The average molecular weight is 479 g/mol. The number of hydrogen-bond donors (Lipinski definition) is 0. The molecule has 0 aromatic heterocycles. The molecule has 0 aromatic rings. The molecule has 0 saturated carbocycles. The van der Waals surface area contributed by atoms with Crippen LogP contribution in [0.4, 0.5) is 0 Å². The Bertz CT molecular complexity index is 653. The molecule has 34 heavy (non-hydrogen) atoms. The van der Waals surface area contributed by atoms with E-state index in [1.807, 2.05) is 6.92 Å². The maximum Gasteiger partial charge on any atom is 0.310 e. The largest absolute Gasteiger partial charge is 0.466 e. The van der Waals surface area contributed by atoms with Crippen LogP contribution in [0.3, 0.4) is 0 Å². The van der Waals surface area contributed by atoms with E-state index >= 15 is 0 Å². The van der Waals surface area contributed by atoms with Crippen LogP contribution in [0.2, 0.25) is 0 Å². The highest BCUT2D eigenvalue weighted by atomic mass is 16.5. The number of hydrogen-bond acceptors (Lipinski definition) is 6. The summed E-state index contributed by atoms with van der Waals surface area (Å²) in [5.74, 6) is -1.96. The van der Waals surface area contributed by atoms with Crippen LogP contribution in [-0.4, -0.2) is 37.7 Å². The molecule has 0 saturated heterocycles. The average Bonchev–Trinajstić information content (AvgIpc) is 2.82. The lowest BCUT2D eigenvalue weighted by Crippen LogP contribution is -2.42. The van der Waals surface area contributed by atoms with Crippen molar-refractivity contribution >= 4 is 17.9 Å². The first kappa shape index (κ1) is 29.9. The van der Waals surface area contributed by atoms with Crippen LogP contribution in [0.25, 0.3) is 0 Å². The van der Waals surface area contributed by atoms with Crippen molar-refractivity contribution in [3.63, 3.8) is 0 Å². The van der Waals surface area contributed by atoms with E-state index in [4.69, 9.17) is 14.2 Å². The fourth-order valence-corrected chi connectivity index (χ4v) is 4.57. The third-order valence-electron chi connectivity index (χ3n) is 6.27. The second-order valence-electron chi connectivity index (χ2n) is 8.86. The quantitative estimate of drug-likeness (QED) is 0.107. The molecule has 0 aliphatic heterocycles. The van der Waals surface area contributed by atoms with Crippen molar-refractivity contribution in [2.24, 2.45) is 23.7 Å². The molecule has 1 rings (SSSR count). The molecule has 0 radical (unpaired) electrons. The lowest BCUT2D eigenvalue weighted by atomic mass is 9.68. The van der Waals surface area contributed by atoms with Crippen LogP contribution in [0.5, 0.6) is 0 Å². The molecule has 0 N–H and O–H groups in total. The highest BCUT2D eigenvalue weighted by Gasteiger charge is 2.45. The van der Waals surface area contributed by atoms with Crippen molar-refractivity contribution in [2.75, 3.05) is 19.8 Å². The minimum absolute atomic E-state index is 0.00679. The van der Waals surface area contributed by atoms with Crippen LogP contribution in [0.1, 0.15) is 91.9 Å². The molecule has 194 valence electrons. The standard InChI is InChI=1S/C28H46O6/c1-5-9-17-22-20-21-23(26(28(31)34-8-4)25(22)27(30)33-7-3)18-15-13-11-10-12-14-16-19-24(29)32-6-2/h15,18,20-23,25-26H,5-14,16-17,19H2,1-4H3/b18-15-/t22-,23+,25-,26+/m0/s1. The molecule has 0 bridgehead atoms. The van der Waals surface area contributed by atoms with Crippen LogP contribution in [-0.2, 0) is 28.6 Å². The number of carbonyl (C=O) groups is 3. The summed E-state index contributed by atoms with van der Waals surface area (Å²) in [6.07, 6.45) is 17.8. The van der Waals surface area contributed by atoms with Gasteiger partial charge in [-0.1, -0.05) is 63.3 Å². The molecule has 6 nitrogen and oxygen atoms in total. The van der Waals surface area contributed by atoms with Crippen molar-refractivity contribution in [1.29, 1.82) is 0 Å². The molecule has 0 heterocycles. The predicted molar refractivity (Wildman–Crippen MR) is 134 cm³/mol. The lowest BCUT2D eigenvalue weighted by Gasteiger charge is -2.35. The summed E-state index contributed by atoms with van der Waals surface area (Å²) in [7, 11) is 0. The Morgan fingerprint density at radius 3 is 2.00 bits per heavy atom. The highest BCUT2D eigenvalue weighted by molar-refractivity contribution is 5.83. The zero-order valence-electron chi connectivity index (χ0n) is 21.8. The zero-order valence-corrected chi connectivity index (χ0v) is 21.8. The number of rotatable bonds is 17. The van der Waals surface area contributed by atoms with Gasteiger partial charge in [-0.25, -0.2) is 0 Å². The Morgan fingerprint density at radius 2 is 1.35 bits per heavy atom. The second-order valence-corrected chi connectivity index (χ2v) is 8.86. The summed E-state index contributed by atoms with van der Waals surface area (Å²) in [4.78, 5) is 37.2. The van der Waals surface area contributed by atoms with Crippen molar-refractivity contribution in [1.82, 2.24) is 0 Å². The Balaban J connectivity index is 2.69. The SMILES string of the molecule is CCCC[C@H]1C=C[C@@H](/C=C\CCCCCCCC(=O)OCC)[C@@H](C(=O)OCC)[C@H]1C(=O)OCC.